The van der Waals surface area contributed by atoms with Gasteiger partial charge in [0.2, 0.25) is 17.7 Å². The molecule has 0 aromatic heterocycles. The Morgan fingerprint density at radius 1 is 0.944 bits per heavy atom. The number of fused-ring (bicyclic) bond motifs is 7. The molecule has 2 rings (SSSR count). The van der Waals surface area contributed by atoms with Crippen molar-refractivity contribution in [2.24, 2.45) is 11.8 Å². The van der Waals surface area contributed by atoms with Gasteiger partial charge in [-0.05, 0) is 31.3 Å². The molecular formula is C24H36N4O6S2. The van der Waals surface area contributed by atoms with Crippen LogP contribution in [0.2, 0.25) is 0 Å². The maximum absolute atomic E-state index is 13.2. The average molecular weight is 541 g/mol. The Morgan fingerprint density at radius 2 is 1.64 bits per heavy atom. The van der Waals surface area contributed by atoms with Crippen LogP contribution in [0.15, 0.2) is 23.9 Å². The first kappa shape index (κ1) is 29.8. The average Bonchev–Trinajstić information content (AvgIpc) is 2.81. The van der Waals surface area contributed by atoms with Crippen LogP contribution >= 0.6 is 21.6 Å². The summed E-state index contributed by atoms with van der Waals surface area (Å²) in [6, 6.07) is -2.86. The van der Waals surface area contributed by atoms with E-state index >= 15 is 0 Å². The van der Waals surface area contributed by atoms with Crippen molar-refractivity contribution < 1.29 is 28.7 Å². The van der Waals surface area contributed by atoms with Crippen molar-refractivity contribution in [3.63, 3.8) is 0 Å². The van der Waals surface area contributed by atoms with Gasteiger partial charge in [-0.1, -0.05) is 61.4 Å². The van der Waals surface area contributed by atoms with E-state index in [0.717, 1.165) is 0 Å². The van der Waals surface area contributed by atoms with E-state index < -0.39 is 53.8 Å². The summed E-state index contributed by atoms with van der Waals surface area (Å²) in [6.45, 7) is 8.66. The van der Waals surface area contributed by atoms with Crippen molar-refractivity contribution in [1.29, 1.82) is 0 Å². The summed E-state index contributed by atoms with van der Waals surface area (Å²) in [7, 11) is 2.95. The summed E-state index contributed by atoms with van der Waals surface area (Å²) in [6.07, 6.45) is 4.51. The molecule has 2 unspecified atom stereocenters. The lowest BCUT2D eigenvalue weighted by atomic mass is 10.0. The van der Waals surface area contributed by atoms with Crippen LogP contribution in [-0.2, 0) is 28.7 Å². The van der Waals surface area contributed by atoms with Crippen molar-refractivity contribution in [3.8, 4) is 0 Å². The van der Waals surface area contributed by atoms with Gasteiger partial charge in [0.15, 0.2) is 0 Å². The summed E-state index contributed by atoms with van der Waals surface area (Å²) in [4.78, 5) is 65.2. The number of hydrogen-bond donors (Lipinski definition) is 4. The standard InChI is InChI=1S/C24H36N4O6S2/c1-6-16-21(30)28-20(14(4)5)24(33)34-15-9-7-8-10-35-36-12-17(22(31)25-16)26-23(32)19(13(2)3)27-18(29)11-15/h6-7,9,13-15,17,19-20H,8,10-12H2,1-5H3,(H,25,31)(H,26,32)(H,27,29)(H,28,30)/b9-7?,16-6-/t15-,17?,19?,20+/m1/s1. The molecule has 0 spiro atoms. The van der Waals surface area contributed by atoms with Crippen LogP contribution in [0, 0.1) is 11.8 Å². The third-order valence-corrected chi connectivity index (χ3v) is 8.03. The largest absolute Gasteiger partial charge is 0.456 e. The maximum Gasteiger partial charge on any atom is 0.329 e. The van der Waals surface area contributed by atoms with Crippen LogP contribution in [0.3, 0.4) is 0 Å². The van der Waals surface area contributed by atoms with Gasteiger partial charge >= 0.3 is 5.97 Å². The molecule has 1 saturated heterocycles. The van der Waals surface area contributed by atoms with Crippen LogP contribution in [0.1, 0.15) is 47.5 Å². The van der Waals surface area contributed by atoms with Gasteiger partial charge in [0.05, 0.1) is 6.42 Å². The summed E-state index contributed by atoms with van der Waals surface area (Å²) in [5, 5.41) is 10.7. The Bertz CT molecular complexity index is 905. The highest BCUT2D eigenvalue weighted by Gasteiger charge is 2.33. The van der Waals surface area contributed by atoms with E-state index in [1.54, 1.807) is 40.7 Å². The number of amides is 4. The van der Waals surface area contributed by atoms with Crippen LogP contribution in [-0.4, -0.2) is 65.3 Å². The van der Waals surface area contributed by atoms with Crippen LogP contribution < -0.4 is 21.3 Å². The third kappa shape index (κ3) is 8.88. The molecule has 12 heteroatoms. The van der Waals surface area contributed by atoms with E-state index in [9.17, 15) is 24.0 Å². The predicted octanol–water partition coefficient (Wildman–Crippen LogP) is 1.43. The molecule has 36 heavy (non-hydrogen) atoms. The Morgan fingerprint density at radius 3 is 2.28 bits per heavy atom. The number of ether oxygens (including phenoxy) is 1. The Kier molecular flexibility index (Phi) is 11.8. The van der Waals surface area contributed by atoms with Crippen LogP contribution in [0.4, 0.5) is 0 Å². The van der Waals surface area contributed by atoms with Crippen molar-refractivity contribution in [2.45, 2.75) is 71.7 Å². The summed E-state index contributed by atoms with van der Waals surface area (Å²) < 4.78 is 5.65. The topological polar surface area (TPSA) is 143 Å². The lowest BCUT2D eigenvalue weighted by molar-refractivity contribution is -0.153. The maximum atomic E-state index is 13.2. The van der Waals surface area contributed by atoms with E-state index in [1.165, 1.54) is 27.7 Å². The molecule has 0 aliphatic carbocycles. The zero-order chi connectivity index (χ0) is 26.8. The first-order valence-electron chi connectivity index (χ1n) is 12.0. The van der Waals surface area contributed by atoms with Crippen molar-refractivity contribution in [3.05, 3.63) is 23.9 Å². The number of hydrogen-bond acceptors (Lipinski definition) is 8. The number of carbonyl (C=O) groups excluding carboxylic acids is 5. The molecule has 2 aliphatic heterocycles. The molecule has 0 radical (unpaired) electrons. The van der Waals surface area contributed by atoms with Gasteiger partial charge in [-0.15, -0.1) is 0 Å². The minimum Gasteiger partial charge on any atom is -0.456 e. The summed E-state index contributed by atoms with van der Waals surface area (Å²) >= 11 is 0. The highest BCUT2D eigenvalue weighted by molar-refractivity contribution is 8.76. The first-order chi connectivity index (χ1) is 17.0. The zero-order valence-electron chi connectivity index (χ0n) is 21.3. The molecule has 10 nitrogen and oxygen atoms in total. The highest BCUT2D eigenvalue weighted by Crippen LogP contribution is 2.24. The Hall–Kier alpha value is -2.47. The van der Waals surface area contributed by atoms with E-state index in [-0.39, 0.29) is 29.7 Å². The highest BCUT2D eigenvalue weighted by atomic mass is 33.1. The van der Waals surface area contributed by atoms with Gasteiger partial charge in [-0.2, -0.15) is 0 Å². The molecule has 200 valence electrons. The molecule has 0 aromatic rings. The summed E-state index contributed by atoms with van der Waals surface area (Å²) in [5.74, 6) is -2.54. The van der Waals surface area contributed by atoms with E-state index in [4.69, 9.17) is 4.74 Å². The minimum absolute atomic E-state index is 0.0445. The van der Waals surface area contributed by atoms with Crippen LogP contribution in [0.5, 0.6) is 0 Å². The van der Waals surface area contributed by atoms with Gasteiger partial charge in [0.1, 0.15) is 29.9 Å². The molecule has 4 N–H and O–H groups in total. The van der Waals surface area contributed by atoms with Crippen molar-refractivity contribution >= 4 is 51.2 Å². The Balaban J connectivity index is 2.55. The SMILES string of the molecule is C/C=C1\NC(=O)C2CSSCCC=C[C@H](CC(=O)NC(C(C)C)C(=O)N2)OC(=O)[C@H](C(C)C)NC1=O. The fourth-order valence-corrected chi connectivity index (χ4v) is 5.66. The normalized spacial score (nSPS) is 28.8. The molecule has 0 aromatic carbocycles. The number of allylic oxidation sites excluding steroid dienone is 2. The van der Waals surface area contributed by atoms with Crippen molar-refractivity contribution in [1.82, 2.24) is 21.3 Å². The van der Waals surface area contributed by atoms with Gasteiger partial charge in [-0.25, -0.2) is 4.79 Å². The molecule has 2 aliphatic rings. The van der Waals surface area contributed by atoms with Gasteiger partial charge in [0, 0.05) is 11.5 Å². The minimum atomic E-state index is -1.00. The molecule has 0 saturated carbocycles. The van der Waals surface area contributed by atoms with Crippen LogP contribution in [0.25, 0.3) is 0 Å². The smallest absolute Gasteiger partial charge is 0.329 e. The lowest BCUT2D eigenvalue weighted by Gasteiger charge is -2.27. The fraction of sp³-hybridized carbons (Fsp3) is 0.625. The molecule has 4 amide bonds. The number of nitrogens with one attached hydrogen (secondary N) is 4. The fourth-order valence-electron chi connectivity index (χ4n) is 3.50. The van der Waals surface area contributed by atoms with Crippen molar-refractivity contribution in [2.75, 3.05) is 11.5 Å². The van der Waals surface area contributed by atoms with Gasteiger partial charge in [0.25, 0.3) is 5.91 Å². The van der Waals surface area contributed by atoms with E-state index in [2.05, 4.69) is 21.3 Å². The van der Waals surface area contributed by atoms with Gasteiger partial charge < -0.3 is 26.0 Å². The Labute approximate surface area is 220 Å². The van der Waals surface area contributed by atoms with Gasteiger partial charge in [-0.3, -0.25) is 19.2 Å². The first-order valence-corrected chi connectivity index (χ1v) is 14.5. The number of esters is 1. The van der Waals surface area contributed by atoms with E-state index in [1.807, 2.05) is 6.08 Å². The molecule has 4 atom stereocenters. The molecule has 2 heterocycles. The zero-order valence-corrected chi connectivity index (χ0v) is 22.9. The quantitative estimate of drug-likeness (QED) is 0.178. The third-order valence-electron chi connectivity index (χ3n) is 5.59. The molecular weight excluding hydrogens is 504 g/mol. The second-order valence-electron chi connectivity index (χ2n) is 9.24. The lowest BCUT2D eigenvalue weighted by Crippen LogP contribution is -2.57. The monoisotopic (exact) mass is 540 g/mol. The predicted molar refractivity (Wildman–Crippen MR) is 141 cm³/mol. The summed E-state index contributed by atoms with van der Waals surface area (Å²) in [5.41, 5.74) is -0.0445. The molecule has 2 bridgehead atoms. The second-order valence-corrected chi connectivity index (χ2v) is 11.9. The number of carbonyl (C=O) groups is 5. The number of rotatable bonds is 2. The molecule has 1 fully saturated rings. The van der Waals surface area contributed by atoms with E-state index in [0.29, 0.717) is 12.2 Å². The second kappa shape index (κ2) is 14.3.